The van der Waals surface area contributed by atoms with Gasteiger partial charge in [-0.15, -0.1) is 0 Å². The summed E-state index contributed by atoms with van der Waals surface area (Å²) >= 11 is 0. The van der Waals surface area contributed by atoms with Crippen LogP contribution in [0.25, 0.3) is 22.2 Å². The van der Waals surface area contributed by atoms with E-state index in [0.717, 1.165) is 29.9 Å². The van der Waals surface area contributed by atoms with Crippen LogP contribution in [0.1, 0.15) is 16.7 Å². The van der Waals surface area contributed by atoms with E-state index in [9.17, 15) is 5.11 Å². The number of nitrogens with zero attached hydrogens (tertiary/aromatic N) is 3. The first kappa shape index (κ1) is 19.1. The monoisotopic (exact) mass is 375 g/mol. The van der Waals surface area contributed by atoms with Gasteiger partial charge >= 0.3 is 0 Å². The molecule has 0 saturated carbocycles. The van der Waals surface area contributed by atoms with Crippen molar-refractivity contribution in [2.75, 3.05) is 27.2 Å². The number of rotatable bonds is 4. The molecular weight excluding hydrogens is 346 g/mol. The molecule has 0 aliphatic carbocycles. The normalized spacial score (nSPS) is 20.4. The lowest BCUT2D eigenvalue weighted by atomic mass is 10.0. The third-order valence-electron chi connectivity index (χ3n) is 5.74. The summed E-state index contributed by atoms with van der Waals surface area (Å²) in [7, 11) is 4.07. The number of hydrogen-bond donors (Lipinski definition) is 1. The zero-order chi connectivity index (χ0) is 19.8. The van der Waals surface area contributed by atoms with Gasteiger partial charge in [0.05, 0.1) is 17.3 Å². The maximum atomic E-state index is 10.4. The first-order valence-corrected chi connectivity index (χ1v) is 9.95. The van der Waals surface area contributed by atoms with Gasteiger partial charge in [-0.2, -0.15) is 0 Å². The maximum absolute atomic E-state index is 10.4. The van der Waals surface area contributed by atoms with Crippen LogP contribution in [0.15, 0.2) is 48.5 Å². The van der Waals surface area contributed by atoms with Crippen molar-refractivity contribution in [2.45, 2.75) is 32.5 Å². The highest BCUT2D eigenvalue weighted by Gasteiger charge is 2.33. The van der Waals surface area contributed by atoms with E-state index in [4.69, 9.17) is 4.98 Å². The van der Waals surface area contributed by atoms with Crippen LogP contribution in [0.3, 0.4) is 0 Å². The van der Waals surface area contributed by atoms with E-state index in [2.05, 4.69) is 72.2 Å². The molecule has 0 amide bonds. The Kier molecular flexibility index (Phi) is 5.19. The van der Waals surface area contributed by atoms with E-state index in [0.29, 0.717) is 6.54 Å². The molecule has 146 valence electrons. The molecule has 1 saturated heterocycles. The van der Waals surface area contributed by atoms with Crippen LogP contribution in [-0.2, 0) is 6.54 Å². The molecule has 0 bridgehead atoms. The lowest BCUT2D eigenvalue weighted by Crippen LogP contribution is -2.37. The molecule has 28 heavy (non-hydrogen) atoms. The van der Waals surface area contributed by atoms with Gasteiger partial charge in [-0.05, 0) is 57.3 Å². The summed E-state index contributed by atoms with van der Waals surface area (Å²) in [5.41, 5.74) is 6.91. The minimum Gasteiger partial charge on any atom is -0.390 e. The Morgan fingerprint density at radius 2 is 1.82 bits per heavy atom. The van der Waals surface area contributed by atoms with Crippen LogP contribution in [0.2, 0.25) is 0 Å². The summed E-state index contributed by atoms with van der Waals surface area (Å²) in [5.74, 6) is 0. The highest BCUT2D eigenvalue weighted by Crippen LogP contribution is 2.29. The van der Waals surface area contributed by atoms with Crippen molar-refractivity contribution in [2.24, 2.45) is 0 Å². The Morgan fingerprint density at radius 3 is 2.54 bits per heavy atom. The van der Waals surface area contributed by atoms with Crippen molar-refractivity contribution in [3.8, 4) is 11.3 Å². The Bertz CT molecular complexity index is 998. The van der Waals surface area contributed by atoms with Crippen molar-refractivity contribution >= 4 is 10.9 Å². The second kappa shape index (κ2) is 7.63. The maximum Gasteiger partial charge on any atom is 0.0834 e. The van der Waals surface area contributed by atoms with E-state index in [1.54, 1.807) is 0 Å². The fourth-order valence-electron chi connectivity index (χ4n) is 4.21. The fraction of sp³-hybridized carbons (Fsp3) is 0.375. The van der Waals surface area contributed by atoms with Gasteiger partial charge in [0.2, 0.25) is 0 Å². The molecule has 1 aromatic heterocycles. The van der Waals surface area contributed by atoms with E-state index >= 15 is 0 Å². The predicted molar refractivity (Wildman–Crippen MR) is 115 cm³/mol. The van der Waals surface area contributed by atoms with E-state index < -0.39 is 0 Å². The van der Waals surface area contributed by atoms with Crippen LogP contribution in [0.5, 0.6) is 0 Å². The molecule has 1 aliphatic heterocycles. The molecule has 2 aromatic carbocycles. The smallest absolute Gasteiger partial charge is 0.0834 e. The summed E-state index contributed by atoms with van der Waals surface area (Å²) in [5, 5.41) is 11.6. The highest BCUT2D eigenvalue weighted by atomic mass is 16.3. The molecule has 4 nitrogen and oxygen atoms in total. The number of β-amino-alcohol motifs (C(OH)–C–C–N with tert-alkyl or cyclic N) is 1. The van der Waals surface area contributed by atoms with Crippen LogP contribution in [0, 0.1) is 13.8 Å². The van der Waals surface area contributed by atoms with Crippen LogP contribution in [-0.4, -0.2) is 59.2 Å². The number of pyridine rings is 1. The number of aliphatic hydroxyl groups excluding tert-OH is 1. The first-order chi connectivity index (χ1) is 13.4. The van der Waals surface area contributed by atoms with Crippen molar-refractivity contribution in [1.82, 2.24) is 14.8 Å². The largest absolute Gasteiger partial charge is 0.390 e. The first-order valence-electron chi connectivity index (χ1n) is 9.95. The lowest BCUT2D eigenvalue weighted by molar-refractivity contribution is 0.112. The Balaban J connectivity index is 1.75. The summed E-state index contributed by atoms with van der Waals surface area (Å²) in [6.07, 6.45) is -0.312. The highest BCUT2D eigenvalue weighted by molar-refractivity contribution is 5.84. The van der Waals surface area contributed by atoms with Crippen LogP contribution in [0.4, 0.5) is 0 Å². The molecule has 1 fully saturated rings. The molecular formula is C24H29N3O. The Hall–Kier alpha value is -2.27. The van der Waals surface area contributed by atoms with Crippen LogP contribution < -0.4 is 0 Å². The minimum absolute atomic E-state index is 0.179. The summed E-state index contributed by atoms with van der Waals surface area (Å²) in [4.78, 5) is 9.52. The average molecular weight is 376 g/mol. The van der Waals surface area contributed by atoms with E-state index in [1.165, 1.54) is 22.1 Å². The number of aryl methyl sites for hydroxylation is 2. The molecule has 0 radical (unpaired) electrons. The molecule has 1 aliphatic rings. The van der Waals surface area contributed by atoms with Gasteiger partial charge in [0.25, 0.3) is 0 Å². The Morgan fingerprint density at radius 1 is 1.04 bits per heavy atom. The van der Waals surface area contributed by atoms with E-state index in [1.807, 2.05) is 14.1 Å². The summed E-state index contributed by atoms with van der Waals surface area (Å²) in [6.45, 7) is 6.58. The van der Waals surface area contributed by atoms with Gasteiger partial charge < -0.3 is 10.0 Å². The zero-order valence-electron chi connectivity index (χ0n) is 17.2. The molecule has 2 atom stereocenters. The third kappa shape index (κ3) is 3.81. The van der Waals surface area contributed by atoms with Gasteiger partial charge in [-0.3, -0.25) is 4.90 Å². The number of aliphatic hydroxyl groups is 1. The molecule has 0 spiro atoms. The summed E-state index contributed by atoms with van der Waals surface area (Å²) in [6, 6.07) is 17.5. The number of benzene rings is 2. The van der Waals surface area contributed by atoms with Gasteiger partial charge in [0.1, 0.15) is 0 Å². The van der Waals surface area contributed by atoms with Crippen LogP contribution >= 0.6 is 0 Å². The van der Waals surface area contributed by atoms with Gasteiger partial charge in [-0.1, -0.05) is 35.9 Å². The summed E-state index contributed by atoms with van der Waals surface area (Å²) < 4.78 is 0. The molecule has 3 aromatic rings. The molecule has 4 heteroatoms. The Labute approximate surface area is 167 Å². The molecule has 4 rings (SSSR count). The van der Waals surface area contributed by atoms with Crippen molar-refractivity contribution in [3.05, 3.63) is 65.2 Å². The fourth-order valence-corrected chi connectivity index (χ4v) is 4.21. The molecule has 0 unspecified atom stereocenters. The number of fused-ring (bicyclic) bond motifs is 1. The predicted octanol–water partition coefficient (Wildman–Crippen LogP) is 3.63. The minimum atomic E-state index is -0.312. The SMILES string of the molecule is Cc1cccc(-c2nc3cc(C)ccc3cc2CN2C[C@H](O)[C@@H](N(C)C)C2)c1. The number of hydrogen-bond acceptors (Lipinski definition) is 4. The lowest BCUT2D eigenvalue weighted by Gasteiger charge is -2.22. The second-order valence-corrected chi connectivity index (χ2v) is 8.35. The second-order valence-electron chi connectivity index (χ2n) is 8.35. The zero-order valence-corrected chi connectivity index (χ0v) is 17.2. The topological polar surface area (TPSA) is 39.6 Å². The van der Waals surface area contributed by atoms with E-state index in [-0.39, 0.29) is 12.1 Å². The van der Waals surface area contributed by atoms with Crippen molar-refractivity contribution in [1.29, 1.82) is 0 Å². The molecule has 2 heterocycles. The van der Waals surface area contributed by atoms with Gasteiger partial charge in [0.15, 0.2) is 0 Å². The standard InChI is InChI=1S/C24H29N3O/c1-16-6-5-7-19(10-16)24-20(12-18-9-8-17(2)11-21(18)25-24)13-27-14-22(26(3)4)23(28)15-27/h5-12,22-23,28H,13-15H2,1-4H3/t22-,23-/m0/s1. The number of aromatic nitrogens is 1. The number of likely N-dealkylation sites (tertiary alicyclic amines) is 1. The molecule has 1 N–H and O–H groups in total. The van der Waals surface area contributed by atoms with Crippen molar-refractivity contribution in [3.63, 3.8) is 0 Å². The third-order valence-corrected chi connectivity index (χ3v) is 5.74. The number of likely N-dealkylation sites (N-methyl/N-ethyl adjacent to an activating group) is 1. The van der Waals surface area contributed by atoms with Crippen molar-refractivity contribution < 1.29 is 5.11 Å². The van der Waals surface area contributed by atoms with Gasteiger partial charge in [-0.25, -0.2) is 4.98 Å². The van der Waals surface area contributed by atoms with Gasteiger partial charge in [0, 0.05) is 36.6 Å². The average Bonchev–Trinajstić information content (AvgIpc) is 3.02. The quantitative estimate of drug-likeness (QED) is 0.756.